The van der Waals surface area contributed by atoms with Gasteiger partial charge in [-0.05, 0) is 6.92 Å². The molecule has 0 aromatic rings. The van der Waals surface area contributed by atoms with E-state index in [1.807, 2.05) is 0 Å². The molecule has 0 aromatic carbocycles. The second kappa shape index (κ2) is 3.54. The molecular weight excluding hydrogens is 166 g/mol. The van der Waals surface area contributed by atoms with Crippen LogP contribution >= 0.6 is 19.4 Å². The molecule has 0 fully saturated rings. The third-order valence-electron chi connectivity index (χ3n) is 0.458. The monoisotopic (exact) mass is 173 g/mol. The summed E-state index contributed by atoms with van der Waals surface area (Å²) in [6.45, 7) is 3.20. The van der Waals surface area contributed by atoms with E-state index in [0.717, 1.165) is 0 Å². The van der Waals surface area contributed by atoms with Gasteiger partial charge in [-0.2, -0.15) is 0 Å². The van der Waals surface area contributed by atoms with Crippen molar-refractivity contribution < 1.29 is 18.9 Å². The van der Waals surface area contributed by atoms with Gasteiger partial charge in [-0.15, -0.1) is 11.6 Å². The van der Waals surface area contributed by atoms with E-state index in [4.69, 9.17) is 21.4 Å². The summed E-state index contributed by atoms with van der Waals surface area (Å²) in [6, 6.07) is 0. The standard InChI is InChI=1S/C3H7ClO4P/c1-3(2-4)8-9(5,6)7/h3H,1-2H2,(H2,5,6,7). The Morgan fingerprint density at radius 1 is 1.78 bits per heavy atom. The lowest BCUT2D eigenvalue weighted by Gasteiger charge is -2.08. The molecule has 0 saturated carbocycles. The summed E-state index contributed by atoms with van der Waals surface area (Å²) < 4.78 is 14.0. The molecule has 0 saturated heterocycles. The van der Waals surface area contributed by atoms with Gasteiger partial charge in [0.15, 0.2) is 0 Å². The van der Waals surface area contributed by atoms with E-state index in [1.54, 1.807) is 0 Å². The number of phosphoric ester groups is 1. The summed E-state index contributed by atoms with van der Waals surface area (Å²) in [6.07, 6.45) is -0.854. The number of rotatable bonds is 3. The van der Waals surface area contributed by atoms with Crippen molar-refractivity contribution in [2.24, 2.45) is 0 Å². The normalized spacial score (nSPS) is 15.6. The SMILES string of the molecule is [CH2]C(CCl)OP(=O)(O)O. The second-order valence-electron chi connectivity index (χ2n) is 1.37. The van der Waals surface area contributed by atoms with Crippen LogP contribution in [0.1, 0.15) is 0 Å². The topological polar surface area (TPSA) is 66.8 Å². The molecule has 0 aliphatic carbocycles. The molecule has 1 radical (unpaired) electrons. The third kappa shape index (κ3) is 6.28. The van der Waals surface area contributed by atoms with E-state index < -0.39 is 13.9 Å². The summed E-state index contributed by atoms with van der Waals surface area (Å²) in [5.74, 6) is -0.0366. The number of hydrogen-bond acceptors (Lipinski definition) is 2. The molecule has 0 spiro atoms. The highest BCUT2D eigenvalue weighted by atomic mass is 35.5. The van der Waals surface area contributed by atoms with Crippen molar-refractivity contribution in [3.63, 3.8) is 0 Å². The number of alkyl halides is 1. The Hall–Kier alpha value is 0.400. The van der Waals surface area contributed by atoms with Crippen LogP contribution in [0.15, 0.2) is 0 Å². The lowest BCUT2D eigenvalue weighted by atomic mass is 10.5. The Labute approximate surface area is 58.0 Å². The molecule has 0 aliphatic rings. The van der Waals surface area contributed by atoms with Crippen LogP contribution in [-0.4, -0.2) is 21.8 Å². The predicted molar refractivity (Wildman–Crippen MR) is 33.0 cm³/mol. The summed E-state index contributed by atoms with van der Waals surface area (Å²) >= 11 is 5.13. The smallest absolute Gasteiger partial charge is 0.303 e. The number of phosphoric acid groups is 1. The average molecular weight is 174 g/mol. The van der Waals surface area contributed by atoms with Crippen LogP contribution in [0, 0.1) is 6.92 Å². The van der Waals surface area contributed by atoms with Crippen LogP contribution in [0.4, 0.5) is 0 Å². The van der Waals surface area contributed by atoms with Gasteiger partial charge < -0.3 is 9.79 Å². The van der Waals surface area contributed by atoms with Crippen LogP contribution in [0.25, 0.3) is 0 Å². The van der Waals surface area contributed by atoms with Gasteiger partial charge in [-0.3, -0.25) is 4.52 Å². The molecule has 9 heavy (non-hydrogen) atoms. The van der Waals surface area contributed by atoms with E-state index in [2.05, 4.69) is 11.4 Å². The van der Waals surface area contributed by atoms with E-state index in [0.29, 0.717) is 0 Å². The van der Waals surface area contributed by atoms with Crippen molar-refractivity contribution in [2.45, 2.75) is 6.10 Å². The van der Waals surface area contributed by atoms with Gasteiger partial charge in [0, 0.05) is 5.88 Å². The van der Waals surface area contributed by atoms with Gasteiger partial charge in [0.1, 0.15) is 0 Å². The third-order valence-corrected chi connectivity index (χ3v) is 1.38. The molecule has 2 N–H and O–H groups in total. The van der Waals surface area contributed by atoms with Crippen molar-refractivity contribution in [3.05, 3.63) is 6.92 Å². The first-order chi connectivity index (χ1) is 3.95. The van der Waals surface area contributed by atoms with Gasteiger partial charge >= 0.3 is 7.82 Å². The fraction of sp³-hybridized carbons (Fsp3) is 0.667. The number of hydrogen-bond donors (Lipinski definition) is 2. The summed E-state index contributed by atoms with van der Waals surface area (Å²) in [7, 11) is -4.39. The summed E-state index contributed by atoms with van der Waals surface area (Å²) in [4.78, 5) is 16.2. The second-order valence-corrected chi connectivity index (χ2v) is 2.87. The zero-order chi connectivity index (χ0) is 7.49. The predicted octanol–water partition coefficient (Wildman–Crippen LogP) is 0.537. The molecule has 1 unspecified atom stereocenters. The molecule has 0 rings (SSSR count). The highest BCUT2D eigenvalue weighted by Crippen LogP contribution is 2.37. The van der Waals surface area contributed by atoms with Gasteiger partial charge in [-0.1, -0.05) is 0 Å². The maximum atomic E-state index is 9.97. The lowest BCUT2D eigenvalue weighted by molar-refractivity contribution is 0.172. The molecule has 4 nitrogen and oxygen atoms in total. The highest BCUT2D eigenvalue weighted by Gasteiger charge is 2.17. The van der Waals surface area contributed by atoms with Gasteiger partial charge in [0.25, 0.3) is 0 Å². The van der Waals surface area contributed by atoms with Crippen LogP contribution < -0.4 is 0 Å². The van der Waals surface area contributed by atoms with Gasteiger partial charge in [-0.25, -0.2) is 4.57 Å². The fourth-order valence-electron chi connectivity index (χ4n) is 0.222. The maximum Gasteiger partial charge on any atom is 0.469 e. The van der Waals surface area contributed by atoms with Crippen molar-refractivity contribution in [1.29, 1.82) is 0 Å². The Kier molecular flexibility index (Phi) is 3.70. The first kappa shape index (κ1) is 9.40. The van der Waals surface area contributed by atoms with E-state index >= 15 is 0 Å². The molecular formula is C3H7ClO4P. The first-order valence-corrected chi connectivity index (χ1v) is 4.15. The Morgan fingerprint density at radius 2 is 2.22 bits per heavy atom. The highest BCUT2D eigenvalue weighted by molar-refractivity contribution is 7.46. The minimum atomic E-state index is -4.39. The van der Waals surface area contributed by atoms with Crippen LogP contribution in [0.2, 0.25) is 0 Å². The van der Waals surface area contributed by atoms with Crippen molar-refractivity contribution in [3.8, 4) is 0 Å². The van der Waals surface area contributed by atoms with Crippen LogP contribution in [0.5, 0.6) is 0 Å². The zero-order valence-electron chi connectivity index (χ0n) is 4.53. The van der Waals surface area contributed by atoms with E-state index in [1.165, 1.54) is 0 Å². The first-order valence-electron chi connectivity index (χ1n) is 2.08. The number of halogens is 1. The summed E-state index contributed by atoms with van der Waals surface area (Å²) in [5, 5.41) is 0. The van der Waals surface area contributed by atoms with Crippen LogP contribution in [0.3, 0.4) is 0 Å². The largest absolute Gasteiger partial charge is 0.469 e. The Morgan fingerprint density at radius 3 is 2.33 bits per heavy atom. The lowest BCUT2D eigenvalue weighted by Crippen LogP contribution is -2.07. The Bertz CT molecular complexity index is 121. The minimum Gasteiger partial charge on any atom is -0.303 e. The zero-order valence-corrected chi connectivity index (χ0v) is 6.18. The quantitative estimate of drug-likeness (QED) is 0.483. The minimum absolute atomic E-state index is 0.0366. The molecule has 0 aliphatic heterocycles. The Balaban J connectivity index is 3.60. The van der Waals surface area contributed by atoms with Crippen molar-refractivity contribution >= 4 is 19.4 Å². The molecule has 0 bridgehead atoms. The van der Waals surface area contributed by atoms with Crippen molar-refractivity contribution in [2.75, 3.05) is 5.88 Å². The van der Waals surface area contributed by atoms with Gasteiger partial charge in [0.2, 0.25) is 0 Å². The van der Waals surface area contributed by atoms with Gasteiger partial charge in [0.05, 0.1) is 6.10 Å². The fourth-order valence-corrected chi connectivity index (χ4v) is 0.836. The van der Waals surface area contributed by atoms with E-state index in [9.17, 15) is 4.57 Å². The molecule has 0 aromatic heterocycles. The molecule has 0 amide bonds. The summed E-state index contributed by atoms with van der Waals surface area (Å²) in [5.41, 5.74) is 0. The molecule has 1 atom stereocenters. The molecule has 0 heterocycles. The van der Waals surface area contributed by atoms with Crippen LogP contribution in [-0.2, 0) is 9.09 Å². The average Bonchev–Trinajstić information content (AvgIpc) is 1.62. The maximum absolute atomic E-state index is 9.97. The molecule has 6 heteroatoms. The van der Waals surface area contributed by atoms with E-state index in [-0.39, 0.29) is 5.88 Å². The van der Waals surface area contributed by atoms with Crippen molar-refractivity contribution in [1.82, 2.24) is 0 Å². The molecule has 55 valence electrons.